The number of thioether (sulfide) groups is 1. The molecule has 0 aromatic heterocycles. The number of hydrogen-bond donors (Lipinski definition) is 0. The Kier molecular flexibility index (Phi) is 4.36. The Balaban J connectivity index is 2.23. The molecule has 1 heterocycles. The number of halogens is 1. The maximum absolute atomic E-state index is 9.19. The lowest BCUT2D eigenvalue weighted by atomic mass is 10.1. The van der Waals surface area contributed by atoms with Crippen LogP contribution in [-0.2, 0) is 0 Å². The minimum atomic E-state index is 0.0830. The monoisotopic (exact) mass is 323 g/mol. The van der Waals surface area contributed by atoms with Crippen molar-refractivity contribution in [1.82, 2.24) is 0 Å². The first-order chi connectivity index (χ1) is 8.60. The average molecular weight is 324 g/mol. The molecule has 0 bridgehead atoms. The van der Waals surface area contributed by atoms with Gasteiger partial charge >= 0.3 is 0 Å². The highest BCUT2D eigenvalue weighted by Crippen LogP contribution is 2.46. The molecule has 94 valence electrons. The second-order valence-electron chi connectivity index (χ2n) is 4.38. The zero-order chi connectivity index (χ0) is 13.1. The molecule has 0 saturated heterocycles. The van der Waals surface area contributed by atoms with Gasteiger partial charge in [0.1, 0.15) is 11.8 Å². The third-order valence-corrected chi connectivity index (χ3v) is 4.63. The molecular weight excluding hydrogens is 310 g/mol. The predicted molar refractivity (Wildman–Crippen MR) is 78.9 cm³/mol. The van der Waals surface area contributed by atoms with Crippen molar-refractivity contribution in [2.24, 2.45) is 0 Å². The summed E-state index contributed by atoms with van der Waals surface area (Å²) < 4.78 is 6.80. The SMILES string of the molecule is CC(C)Oc1ccc(C2CC=C(Br)S2)cc1C#N. The van der Waals surface area contributed by atoms with Gasteiger partial charge in [-0.15, -0.1) is 11.8 Å². The molecule has 0 aliphatic carbocycles. The molecule has 1 aliphatic rings. The number of benzene rings is 1. The zero-order valence-electron chi connectivity index (χ0n) is 10.3. The van der Waals surface area contributed by atoms with E-state index in [1.54, 1.807) is 11.8 Å². The number of nitrogens with zero attached hydrogens (tertiary/aromatic N) is 1. The first-order valence-corrected chi connectivity index (χ1v) is 7.50. The van der Waals surface area contributed by atoms with Crippen molar-refractivity contribution in [2.45, 2.75) is 31.6 Å². The Morgan fingerprint density at radius 1 is 1.50 bits per heavy atom. The Hall–Kier alpha value is -0.920. The molecule has 1 unspecified atom stereocenters. The van der Waals surface area contributed by atoms with Crippen LogP contribution in [0.4, 0.5) is 0 Å². The second kappa shape index (κ2) is 5.81. The van der Waals surface area contributed by atoms with Gasteiger partial charge in [-0.1, -0.05) is 12.1 Å². The van der Waals surface area contributed by atoms with Crippen molar-refractivity contribution in [2.75, 3.05) is 0 Å². The lowest BCUT2D eigenvalue weighted by molar-refractivity contribution is 0.241. The van der Waals surface area contributed by atoms with E-state index in [0.29, 0.717) is 16.6 Å². The van der Waals surface area contributed by atoms with Crippen molar-refractivity contribution < 1.29 is 4.74 Å². The van der Waals surface area contributed by atoms with Gasteiger partial charge in [-0.05, 0) is 53.9 Å². The summed E-state index contributed by atoms with van der Waals surface area (Å²) in [5.74, 6) is 0.672. The normalized spacial score (nSPS) is 18.6. The van der Waals surface area contributed by atoms with Crippen LogP contribution >= 0.6 is 27.7 Å². The van der Waals surface area contributed by atoms with Gasteiger partial charge in [0.15, 0.2) is 0 Å². The van der Waals surface area contributed by atoms with E-state index in [1.165, 1.54) is 9.38 Å². The van der Waals surface area contributed by atoms with Crippen molar-refractivity contribution in [1.29, 1.82) is 5.26 Å². The van der Waals surface area contributed by atoms with Crippen LogP contribution in [0, 0.1) is 11.3 Å². The maximum Gasteiger partial charge on any atom is 0.137 e. The molecule has 1 aromatic carbocycles. The summed E-state index contributed by atoms with van der Waals surface area (Å²) in [6.07, 6.45) is 3.25. The number of rotatable bonds is 3. The molecular formula is C14H14BrNOS. The van der Waals surface area contributed by atoms with Crippen molar-refractivity contribution in [3.05, 3.63) is 39.2 Å². The number of nitriles is 1. The number of allylic oxidation sites excluding steroid dienone is 1. The molecule has 1 atom stereocenters. The fraction of sp³-hybridized carbons (Fsp3) is 0.357. The van der Waals surface area contributed by atoms with E-state index < -0.39 is 0 Å². The lowest BCUT2D eigenvalue weighted by Gasteiger charge is -2.14. The highest BCUT2D eigenvalue weighted by atomic mass is 79.9. The van der Waals surface area contributed by atoms with Crippen LogP contribution in [0.25, 0.3) is 0 Å². The minimum absolute atomic E-state index is 0.0830. The molecule has 0 fully saturated rings. The van der Waals surface area contributed by atoms with Gasteiger partial charge in [0.05, 0.1) is 11.7 Å². The standard InChI is InChI=1S/C14H14BrNOS/c1-9(2)17-12-4-3-10(7-11(12)8-16)13-5-6-14(15)18-13/h3-4,6-7,9,13H,5H2,1-2H3. The molecule has 0 spiro atoms. The summed E-state index contributed by atoms with van der Waals surface area (Å²) in [7, 11) is 0. The summed E-state index contributed by atoms with van der Waals surface area (Å²) in [5, 5.41) is 9.59. The molecule has 0 amide bonds. The molecule has 2 nitrogen and oxygen atoms in total. The topological polar surface area (TPSA) is 33.0 Å². The van der Waals surface area contributed by atoms with E-state index in [4.69, 9.17) is 4.74 Å². The molecule has 4 heteroatoms. The zero-order valence-corrected chi connectivity index (χ0v) is 12.7. The molecule has 1 aliphatic heterocycles. The lowest BCUT2D eigenvalue weighted by Crippen LogP contribution is -2.07. The highest BCUT2D eigenvalue weighted by molar-refractivity contribution is 9.14. The average Bonchev–Trinajstić information content (AvgIpc) is 2.75. The van der Waals surface area contributed by atoms with E-state index in [1.807, 2.05) is 26.0 Å². The van der Waals surface area contributed by atoms with Crippen LogP contribution < -0.4 is 4.74 Å². The molecule has 18 heavy (non-hydrogen) atoms. The Morgan fingerprint density at radius 2 is 2.28 bits per heavy atom. The fourth-order valence-corrected chi connectivity index (χ4v) is 3.63. The van der Waals surface area contributed by atoms with Gasteiger partial charge < -0.3 is 4.74 Å². The first kappa shape index (κ1) is 13.5. The summed E-state index contributed by atoms with van der Waals surface area (Å²) in [4.78, 5) is 0. The van der Waals surface area contributed by atoms with Gasteiger partial charge in [-0.25, -0.2) is 0 Å². The minimum Gasteiger partial charge on any atom is -0.490 e. The quantitative estimate of drug-likeness (QED) is 0.804. The van der Waals surface area contributed by atoms with Crippen molar-refractivity contribution >= 4 is 27.7 Å². The van der Waals surface area contributed by atoms with E-state index in [-0.39, 0.29) is 6.10 Å². The Morgan fingerprint density at radius 3 is 2.83 bits per heavy atom. The van der Waals surface area contributed by atoms with Crippen molar-refractivity contribution in [3.63, 3.8) is 0 Å². The van der Waals surface area contributed by atoms with Crippen LogP contribution in [0.2, 0.25) is 0 Å². The molecule has 0 saturated carbocycles. The van der Waals surface area contributed by atoms with Crippen molar-refractivity contribution in [3.8, 4) is 11.8 Å². The number of hydrogen-bond acceptors (Lipinski definition) is 3. The van der Waals surface area contributed by atoms with Gasteiger partial charge in [0.25, 0.3) is 0 Å². The van der Waals surface area contributed by atoms with Crippen LogP contribution in [-0.4, -0.2) is 6.10 Å². The fourth-order valence-electron chi connectivity index (χ4n) is 1.83. The van der Waals surface area contributed by atoms with Crippen LogP contribution in [0.15, 0.2) is 28.1 Å². The Bertz CT molecular complexity index is 519. The van der Waals surface area contributed by atoms with Gasteiger partial charge in [-0.2, -0.15) is 5.26 Å². The van der Waals surface area contributed by atoms with Crippen LogP contribution in [0.3, 0.4) is 0 Å². The van der Waals surface area contributed by atoms with E-state index >= 15 is 0 Å². The van der Waals surface area contributed by atoms with E-state index in [9.17, 15) is 5.26 Å². The molecule has 2 rings (SSSR count). The predicted octanol–water partition coefficient (Wildman–Crippen LogP) is 4.76. The second-order valence-corrected chi connectivity index (χ2v) is 7.01. The van der Waals surface area contributed by atoms with Gasteiger partial charge in [0.2, 0.25) is 0 Å². The smallest absolute Gasteiger partial charge is 0.137 e. The van der Waals surface area contributed by atoms with E-state index in [2.05, 4.69) is 34.1 Å². The number of ether oxygens (including phenoxy) is 1. The van der Waals surface area contributed by atoms with E-state index in [0.717, 1.165) is 6.42 Å². The molecule has 0 radical (unpaired) electrons. The van der Waals surface area contributed by atoms with Crippen LogP contribution in [0.5, 0.6) is 5.75 Å². The molecule has 1 aromatic rings. The maximum atomic E-state index is 9.19. The summed E-state index contributed by atoms with van der Waals surface area (Å²) >= 11 is 5.28. The van der Waals surface area contributed by atoms with Gasteiger partial charge in [0, 0.05) is 9.06 Å². The molecule has 0 N–H and O–H groups in total. The summed E-state index contributed by atoms with van der Waals surface area (Å²) in [5.41, 5.74) is 1.79. The summed E-state index contributed by atoms with van der Waals surface area (Å²) in [6, 6.07) is 8.11. The third kappa shape index (κ3) is 3.09. The largest absolute Gasteiger partial charge is 0.490 e. The third-order valence-electron chi connectivity index (χ3n) is 2.61. The van der Waals surface area contributed by atoms with Gasteiger partial charge in [-0.3, -0.25) is 0 Å². The highest BCUT2D eigenvalue weighted by Gasteiger charge is 2.19. The summed E-state index contributed by atoms with van der Waals surface area (Å²) in [6.45, 7) is 3.92. The Labute approximate surface area is 120 Å². The first-order valence-electron chi connectivity index (χ1n) is 5.83. The van der Waals surface area contributed by atoms with Crippen LogP contribution in [0.1, 0.15) is 36.6 Å².